The first kappa shape index (κ1) is 15.7. The third kappa shape index (κ3) is 3.71. The van der Waals surface area contributed by atoms with Crippen molar-refractivity contribution in [1.82, 2.24) is 5.32 Å². The van der Waals surface area contributed by atoms with Gasteiger partial charge in [-0.15, -0.1) is 0 Å². The largest absolute Gasteiger partial charge is 0.388 e. The van der Waals surface area contributed by atoms with E-state index < -0.39 is 11.0 Å². The Balaban J connectivity index is 1.89. The van der Waals surface area contributed by atoms with Crippen LogP contribution < -0.4 is 11.1 Å². The van der Waals surface area contributed by atoms with E-state index in [1.165, 1.54) is 12.8 Å². The molecule has 0 aromatic carbocycles. The van der Waals surface area contributed by atoms with Crippen molar-refractivity contribution in [2.45, 2.75) is 57.0 Å². The Morgan fingerprint density at radius 1 is 1.10 bits per heavy atom. The van der Waals surface area contributed by atoms with E-state index in [1.807, 2.05) is 0 Å². The number of hydrogen-bond acceptors (Lipinski definition) is 4. The van der Waals surface area contributed by atoms with Crippen LogP contribution in [-0.4, -0.2) is 42.9 Å². The fraction of sp³-hybridized carbons (Fsp3) is 0.933. The lowest BCUT2D eigenvalue weighted by Gasteiger charge is -2.36. The van der Waals surface area contributed by atoms with Crippen LogP contribution in [0, 0.1) is 5.41 Å². The summed E-state index contributed by atoms with van der Waals surface area (Å²) in [7, 11) is 0. The number of aliphatic hydroxyl groups is 1. The van der Waals surface area contributed by atoms with Crippen LogP contribution in [0.2, 0.25) is 0 Å². The summed E-state index contributed by atoms with van der Waals surface area (Å²) in [5, 5.41) is 13.5. The second-order valence-corrected chi connectivity index (χ2v) is 6.42. The number of amides is 1. The Bertz CT molecular complexity index is 319. The molecule has 5 heteroatoms. The zero-order valence-electron chi connectivity index (χ0n) is 12.3. The first-order valence-corrected chi connectivity index (χ1v) is 7.89. The highest BCUT2D eigenvalue weighted by Crippen LogP contribution is 2.31. The Hall–Kier alpha value is -0.650. The summed E-state index contributed by atoms with van der Waals surface area (Å²) in [5.74, 6) is -0.0130. The van der Waals surface area contributed by atoms with Gasteiger partial charge >= 0.3 is 0 Å². The predicted molar refractivity (Wildman–Crippen MR) is 77.2 cm³/mol. The smallest absolute Gasteiger partial charge is 0.227 e. The van der Waals surface area contributed by atoms with Crippen LogP contribution in [0.4, 0.5) is 0 Å². The first-order chi connectivity index (χ1) is 9.60. The van der Waals surface area contributed by atoms with Crippen LogP contribution in [0.5, 0.6) is 0 Å². The van der Waals surface area contributed by atoms with Crippen LogP contribution in [0.3, 0.4) is 0 Å². The molecule has 1 saturated carbocycles. The summed E-state index contributed by atoms with van der Waals surface area (Å²) in [5.41, 5.74) is 4.60. The van der Waals surface area contributed by atoms with E-state index in [0.29, 0.717) is 39.1 Å². The molecule has 2 fully saturated rings. The molecule has 0 bridgehead atoms. The monoisotopic (exact) mass is 284 g/mol. The molecule has 20 heavy (non-hydrogen) atoms. The molecule has 1 aliphatic carbocycles. The first-order valence-electron chi connectivity index (χ1n) is 7.89. The molecular weight excluding hydrogens is 256 g/mol. The summed E-state index contributed by atoms with van der Waals surface area (Å²) >= 11 is 0. The third-order valence-corrected chi connectivity index (χ3v) is 4.93. The average molecular weight is 284 g/mol. The summed E-state index contributed by atoms with van der Waals surface area (Å²) in [4.78, 5) is 12.5. The lowest BCUT2D eigenvalue weighted by molar-refractivity contribution is -0.137. The zero-order chi connectivity index (χ0) is 14.5. The number of carbonyl (C=O) groups is 1. The summed E-state index contributed by atoms with van der Waals surface area (Å²) in [6.45, 7) is 1.89. The minimum atomic E-state index is -0.729. The predicted octanol–water partition coefficient (Wildman–Crippen LogP) is 0.943. The molecule has 1 amide bonds. The molecule has 0 atom stereocenters. The maximum absolute atomic E-state index is 12.5. The van der Waals surface area contributed by atoms with Crippen molar-refractivity contribution in [2.24, 2.45) is 11.1 Å². The van der Waals surface area contributed by atoms with E-state index in [-0.39, 0.29) is 5.91 Å². The van der Waals surface area contributed by atoms with Crippen molar-refractivity contribution >= 4 is 5.91 Å². The molecular formula is C15H28N2O3. The molecule has 1 aliphatic heterocycles. The Morgan fingerprint density at radius 2 is 1.70 bits per heavy atom. The molecule has 0 radical (unpaired) electrons. The topological polar surface area (TPSA) is 84.6 Å². The van der Waals surface area contributed by atoms with Gasteiger partial charge < -0.3 is 20.9 Å². The highest BCUT2D eigenvalue weighted by Gasteiger charge is 2.39. The molecule has 2 rings (SSSR count). The standard InChI is InChI=1S/C15H28N2O3/c16-11-14(7-9-20-10-8-14)13(18)17-12-15(19)5-3-1-2-4-6-15/h19H,1-12,16H2,(H,17,18). The zero-order valence-corrected chi connectivity index (χ0v) is 12.3. The molecule has 1 heterocycles. The van der Waals surface area contributed by atoms with Crippen LogP contribution in [0.25, 0.3) is 0 Å². The molecule has 116 valence electrons. The molecule has 0 aromatic rings. The minimum Gasteiger partial charge on any atom is -0.388 e. The van der Waals surface area contributed by atoms with E-state index in [4.69, 9.17) is 10.5 Å². The number of carbonyl (C=O) groups excluding carboxylic acids is 1. The number of nitrogens with two attached hydrogens (primary N) is 1. The normalized spacial score (nSPS) is 25.7. The SMILES string of the molecule is NCC1(C(=O)NCC2(O)CCCCCC2)CCOCC1. The van der Waals surface area contributed by atoms with Crippen molar-refractivity contribution in [3.05, 3.63) is 0 Å². The van der Waals surface area contributed by atoms with Gasteiger partial charge in [0.25, 0.3) is 0 Å². The van der Waals surface area contributed by atoms with Gasteiger partial charge in [-0.05, 0) is 25.7 Å². The van der Waals surface area contributed by atoms with Crippen molar-refractivity contribution in [3.63, 3.8) is 0 Å². The van der Waals surface area contributed by atoms with E-state index in [1.54, 1.807) is 0 Å². The van der Waals surface area contributed by atoms with Gasteiger partial charge in [-0.25, -0.2) is 0 Å². The van der Waals surface area contributed by atoms with Crippen molar-refractivity contribution in [3.8, 4) is 0 Å². The minimum absolute atomic E-state index is 0.0130. The molecule has 0 aromatic heterocycles. The Labute approximate surface area is 121 Å². The van der Waals surface area contributed by atoms with Crippen LogP contribution in [-0.2, 0) is 9.53 Å². The quantitative estimate of drug-likeness (QED) is 0.671. The van der Waals surface area contributed by atoms with E-state index >= 15 is 0 Å². The van der Waals surface area contributed by atoms with Crippen molar-refractivity contribution in [1.29, 1.82) is 0 Å². The maximum Gasteiger partial charge on any atom is 0.227 e. The van der Waals surface area contributed by atoms with E-state index in [2.05, 4.69) is 5.32 Å². The fourth-order valence-corrected chi connectivity index (χ4v) is 3.28. The Morgan fingerprint density at radius 3 is 2.25 bits per heavy atom. The van der Waals surface area contributed by atoms with Gasteiger partial charge in [0.2, 0.25) is 5.91 Å². The lowest BCUT2D eigenvalue weighted by Crippen LogP contribution is -2.52. The van der Waals surface area contributed by atoms with Gasteiger partial charge in [0.05, 0.1) is 11.0 Å². The second-order valence-electron chi connectivity index (χ2n) is 6.42. The van der Waals surface area contributed by atoms with E-state index in [9.17, 15) is 9.90 Å². The summed E-state index contributed by atoms with van der Waals surface area (Å²) in [6, 6.07) is 0. The molecule has 2 aliphatic rings. The molecule has 5 nitrogen and oxygen atoms in total. The van der Waals surface area contributed by atoms with Gasteiger partial charge in [-0.3, -0.25) is 4.79 Å². The number of nitrogens with one attached hydrogen (secondary N) is 1. The molecule has 1 saturated heterocycles. The van der Waals surface area contributed by atoms with Gasteiger partial charge in [-0.2, -0.15) is 0 Å². The summed E-state index contributed by atoms with van der Waals surface area (Å²) < 4.78 is 5.32. The highest BCUT2D eigenvalue weighted by molar-refractivity contribution is 5.83. The maximum atomic E-state index is 12.5. The van der Waals surface area contributed by atoms with Gasteiger partial charge in [0.15, 0.2) is 0 Å². The van der Waals surface area contributed by atoms with Crippen molar-refractivity contribution < 1.29 is 14.6 Å². The molecule has 0 unspecified atom stereocenters. The highest BCUT2D eigenvalue weighted by atomic mass is 16.5. The van der Waals surface area contributed by atoms with Crippen LogP contribution >= 0.6 is 0 Å². The van der Waals surface area contributed by atoms with Crippen LogP contribution in [0.1, 0.15) is 51.4 Å². The van der Waals surface area contributed by atoms with Crippen LogP contribution in [0.15, 0.2) is 0 Å². The van der Waals surface area contributed by atoms with Gasteiger partial charge in [0, 0.05) is 26.3 Å². The van der Waals surface area contributed by atoms with Gasteiger partial charge in [0.1, 0.15) is 0 Å². The second kappa shape index (κ2) is 6.87. The fourth-order valence-electron chi connectivity index (χ4n) is 3.28. The summed E-state index contributed by atoms with van der Waals surface area (Å²) in [6.07, 6.45) is 7.37. The lowest BCUT2D eigenvalue weighted by atomic mass is 9.79. The Kier molecular flexibility index (Phi) is 5.41. The average Bonchev–Trinajstić information content (AvgIpc) is 2.71. The number of rotatable bonds is 4. The number of ether oxygens (including phenoxy) is 1. The molecule has 4 N–H and O–H groups in total. The van der Waals surface area contributed by atoms with E-state index in [0.717, 1.165) is 25.7 Å². The number of hydrogen-bond donors (Lipinski definition) is 3. The van der Waals surface area contributed by atoms with Crippen molar-refractivity contribution in [2.75, 3.05) is 26.3 Å². The molecule has 0 spiro atoms. The van der Waals surface area contributed by atoms with Gasteiger partial charge in [-0.1, -0.05) is 25.7 Å². The third-order valence-electron chi connectivity index (χ3n) is 4.93.